The third-order valence-corrected chi connectivity index (χ3v) is 3.50. The van der Waals surface area contributed by atoms with Gasteiger partial charge in [-0.1, -0.05) is 12.1 Å². The Morgan fingerprint density at radius 1 is 1.38 bits per heavy atom. The van der Waals surface area contributed by atoms with Crippen molar-refractivity contribution >= 4 is 5.91 Å². The van der Waals surface area contributed by atoms with E-state index in [1.807, 2.05) is 42.0 Å². The number of nitrogens with zero attached hydrogens (tertiary/aromatic N) is 3. The van der Waals surface area contributed by atoms with Crippen molar-refractivity contribution in [1.29, 1.82) is 0 Å². The Morgan fingerprint density at radius 3 is 3.04 bits per heavy atom. The van der Waals surface area contributed by atoms with Crippen LogP contribution in [-0.2, 0) is 6.54 Å². The lowest BCUT2D eigenvalue weighted by atomic mass is 10.1. The van der Waals surface area contributed by atoms with Gasteiger partial charge in [0.1, 0.15) is 11.4 Å². The van der Waals surface area contributed by atoms with Gasteiger partial charge in [0, 0.05) is 31.0 Å². The molecule has 0 aliphatic rings. The van der Waals surface area contributed by atoms with E-state index in [1.165, 1.54) is 0 Å². The molecule has 0 saturated carbocycles. The number of aromatic nitrogens is 4. The van der Waals surface area contributed by atoms with Crippen LogP contribution in [0.15, 0.2) is 49.1 Å². The minimum absolute atomic E-state index is 0.192. The zero-order valence-corrected chi connectivity index (χ0v) is 13.4. The van der Waals surface area contributed by atoms with E-state index in [4.69, 9.17) is 4.74 Å². The lowest BCUT2D eigenvalue weighted by molar-refractivity contribution is 0.0947. The fraction of sp³-hybridized carbons (Fsp3) is 0.235. The third-order valence-electron chi connectivity index (χ3n) is 3.50. The predicted molar refractivity (Wildman–Crippen MR) is 89.8 cm³/mol. The van der Waals surface area contributed by atoms with Crippen LogP contribution in [0.3, 0.4) is 0 Å². The maximum Gasteiger partial charge on any atom is 0.269 e. The van der Waals surface area contributed by atoms with Crippen molar-refractivity contribution in [2.75, 3.05) is 13.2 Å². The second-order valence-electron chi connectivity index (χ2n) is 5.15. The maximum absolute atomic E-state index is 12.2. The molecule has 1 aromatic carbocycles. The largest absolute Gasteiger partial charge is 0.493 e. The molecule has 0 atom stereocenters. The molecule has 0 bridgehead atoms. The van der Waals surface area contributed by atoms with Crippen molar-refractivity contribution in [2.24, 2.45) is 0 Å². The van der Waals surface area contributed by atoms with Gasteiger partial charge >= 0.3 is 0 Å². The van der Waals surface area contributed by atoms with E-state index < -0.39 is 0 Å². The van der Waals surface area contributed by atoms with E-state index in [-0.39, 0.29) is 5.91 Å². The van der Waals surface area contributed by atoms with Gasteiger partial charge in [0.2, 0.25) is 0 Å². The van der Waals surface area contributed by atoms with Gasteiger partial charge in [-0.05, 0) is 25.1 Å². The van der Waals surface area contributed by atoms with Crippen LogP contribution in [-0.4, -0.2) is 38.8 Å². The zero-order valence-electron chi connectivity index (χ0n) is 13.4. The summed E-state index contributed by atoms with van der Waals surface area (Å²) in [5.41, 5.74) is 1.95. The molecular weight excluding hydrogens is 306 g/mol. The number of amides is 1. The van der Waals surface area contributed by atoms with Crippen molar-refractivity contribution in [3.05, 3.63) is 54.7 Å². The first-order valence-corrected chi connectivity index (χ1v) is 7.79. The van der Waals surface area contributed by atoms with Crippen molar-refractivity contribution in [2.45, 2.75) is 13.5 Å². The smallest absolute Gasteiger partial charge is 0.269 e. The Morgan fingerprint density at radius 2 is 2.25 bits per heavy atom. The number of hydrogen-bond donors (Lipinski definition) is 2. The SMILES string of the molecule is CCOc1ccccc1-c1cc(C(=O)NCCn2ccnc2)[nH]n1. The molecule has 3 aromatic rings. The van der Waals surface area contributed by atoms with E-state index in [2.05, 4.69) is 20.5 Å². The number of hydrogen-bond acceptors (Lipinski definition) is 4. The summed E-state index contributed by atoms with van der Waals surface area (Å²) < 4.78 is 7.50. The Hall–Kier alpha value is -3.09. The van der Waals surface area contributed by atoms with Crippen LogP contribution in [0.2, 0.25) is 0 Å². The maximum atomic E-state index is 12.2. The average Bonchev–Trinajstić information content (AvgIpc) is 3.27. The van der Waals surface area contributed by atoms with Crippen LogP contribution in [0, 0.1) is 0 Å². The Balaban J connectivity index is 1.65. The molecule has 0 aliphatic carbocycles. The van der Waals surface area contributed by atoms with Gasteiger partial charge in [0.15, 0.2) is 0 Å². The number of ether oxygens (including phenoxy) is 1. The molecule has 2 N–H and O–H groups in total. The fourth-order valence-corrected chi connectivity index (χ4v) is 2.35. The summed E-state index contributed by atoms with van der Waals surface area (Å²) in [4.78, 5) is 16.2. The van der Waals surface area contributed by atoms with E-state index >= 15 is 0 Å². The van der Waals surface area contributed by atoms with Crippen molar-refractivity contribution in [3.63, 3.8) is 0 Å². The van der Waals surface area contributed by atoms with E-state index in [0.717, 1.165) is 11.3 Å². The molecule has 0 fully saturated rings. The highest BCUT2D eigenvalue weighted by molar-refractivity contribution is 5.93. The number of aromatic amines is 1. The monoisotopic (exact) mass is 325 g/mol. The third kappa shape index (κ3) is 3.62. The van der Waals surface area contributed by atoms with Crippen molar-refractivity contribution in [3.8, 4) is 17.0 Å². The summed E-state index contributed by atoms with van der Waals surface area (Å²) in [6, 6.07) is 9.35. The number of para-hydroxylation sites is 1. The van der Waals surface area contributed by atoms with Gasteiger partial charge in [-0.2, -0.15) is 5.10 Å². The molecule has 2 heterocycles. The second kappa shape index (κ2) is 7.45. The van der Waals surface area contributed by atoms with Gasteiger partial charge in [0.05, 0.1) is 18.6 Å². The first-order valence-electron chi connectivity index (χ1n) is 7.79. The van der Waals surface area contributed by atoms with Gasteiger partial charge in [-0.15, -0.1) is 0 Å². The van der Waals surface area contributed by atoms with Gasteiger partial charge in [-0.3, -0.25) is 9.89 Å². The minimum Gasteiger partial charge on any atom is -0.493 e. The molecule has 7 nitrogen and oxygen atoms in total. The molecular formula is C17H19N5O2. The summed E-state index contributed by atoms with van der Waals surface area (Å²) in [5.74, 6) is 0.557. The van der Waals surface area contributed by atoms with Crippen LogP contribution in [0.4, 0.5) is 0 Å². The molecule has 7 heteroatoms. The lowest BCUT2D eigenvalue weighted by Gasteiger charge is -2.07. The zero-order chi connectivity index (χ0) is 16.8. The van der Waals surface area contributed by atoms with Crippen molar-refractivity contribution < 1.29 is 9.53 Å². The summed E-state index contributed by atoms with van der Waals surface area (Å²) in [6.45, 7) is 3.68. The molecule has 0 saturated heterocycles. The lowest BCUT2D eigenvalue weighted by Crippen LogP contribution is -2.27. The molecule has 124 valence electrons. The van der Waals surface area contributed by atoms with Gasteiger partial charge in [0.25, 0.3) is 5.91 Å². The fourth-order valence-electron chi connectivity index (χ4n) is 2.35. The highest BCUT2D eigenvalue weighted by Gasteiger charge is 2.13. The summed E-state index contributed by atoms with van der Waals surface area (Å²) in [6.07, 6.45) is 5.27. The molecule has 0 aliphatic heterocycles. The predicted octanol–water partition coefficient (Wildman–Crippen LogP) is 2.10. The number of benzene rings is 1. The number of carbonyl (C=O) groups is 1. The number of rotatable bonds is 7. The normalized spacial score (nSPS) is 10.5. The van der Waals surface area contributed by atoms with Crippen LogP contribution >= 0.6 is 0 Å². The Kier molecular flexibility index (Phi) is 4.90. The van der Waals surface area contributed by atoms with Gasteiger partial charge in [-0.25, -0.2) is 4.98 Å². The number of imidazole rings is 1. The molecule has 1 amide bonds. The molecule has 3 rings (SSSR count). The number of carbonyl (C=O) groups excluding carboxylic acids is 1. The molecule has 0 spiro atoms. The molecule has 0 radical (unpaired) electrons. The summed E-state index contributed by atoms with van der Waals surface area (Å²) in [5, 5.41) is 9.86. The first-order chi connectivity index (χ1) is 11.8. The highest BCUT2D eigenvalue weighted by Crippen LogP contribution is 2.28. The van der Waals surface area contributed by atoms with E-state index in [9.17, 15) is 4.79 Å². The Bertz CT molecular complexity index is 795. The van der Waals surface area contributed by atoms with Crippen LogP contribution in [0.5, 0.6) is 5.75 Å². The Labute approximate surface area is 139 Å². The standard InChI is InChI=1S/C17H19N5O2/c1-2-24-16-6-4-3-5-13(16)14-11-15(21-20-14)17(23)19-8-10-22-9-7-18-12-22/h3-7,9,11-12H,2,8,10H2,1H3,(H,19,23)(H,20,21). The second-order valence-corrected chi connectivity index (χ2v) is 5.15. The molecule has 2 aromatic heterocycles. The van der Waals surface area contributed by atoms with Crippen LogP contribution < -0.4 is 10.1 Å². The van der Waals surface area contributed by atoms with Crippen molar-refractivity contribution in [1.82, 2.24) is 25.1 Å². The molecule has 24 heavy (non-hydrogen) atoms. The van der Waals surface area contributed by atoms with E-state index in [1.54, 1.807) is 18.6 Å². The van der Waals surface area contributed by atoms with Crippen LogP contribution in [0.25, 0.3) is 11.3 Å². The quantitative estimate of drug-likeness (QED) is 0.697. The summed E-state index contributed by atoms with van der Waals surface area (Å²) in [7, 11) is 0. The highest BCUT2D eigenvalue weighted by atomic mass is 16.5. The number of H-pyrrole nitrogens is 1. The minimum atomic E-state index is -0.192. The summed E-state index contributed by atoms with van der Waals surface area (Å²) >= 11 is 0. The number of nitrogens with one attached hydrogen (secondary N) is 2. The molecule has 0 unspecified atom stereocenters. The first kappa shape index (κ1) is 15.8. The average molecular weight is 325 g/mol. The van der Waals surface area contributed by atoms with Crippen LogP contribution in [0.1, 0.15) is 17.4 Å². The topological polar surface area (TPSA) is 84.8 Å². The van der Waals surface area contributed by atoms with Gasteiger partial charge < -0.3 is 14.6 Å². The van der Waals surface area contributed by atoms with E-state index in [0.29, 0.717) is 31.1 Å².